The Morgan fingerprint density at radius 1 is 1.29 bits per heavy atom. The number of aryl methyl sites for hydroxylation is 1. The first-order chi connectivity index (χ1) is 7.97. The van der Waals surface area contributed by atoms with E-state index in [2.05, 4.69) is 4.72 Å². The van der Waals surface area contributed by atoms with Gasteiger partial charge in [-0.3, -0.25) is 0 Å². The molecule has 0 unspecified atom stereocenters. The monoisotopic (exact) mass is 293 g/mol. The molecule has 96 valence electrons. The van der Waals surface area contributed by atoms with E-state index in [1.165, 1.54) is 11.3 Å². The van der Waals surface area contributed by atoms with E-state index in [0.29, 0.717) is 4.21 Å². The smallest absolute Gasteiger partial charge is 0.207 e. The van der Waals surface area contributed by atoms with Gasteiger partial charge < -0.3 is 0 Å². The molecule has 0 aliphatic heterocycles. The van der Waals surface area contributed by atoms with Gasteiger partial charge in [-0.15, -0.1) is 22.9 Å². The highest BCUT2D eigenvalue weighted by Crippen LogP contribution is 2.26. The molecule has 0 bridgehead atoms. The van der Waals surface area contributed by atoms with Crippen LogP contribution in [0.2, 0.25) is 0 Å². The van der Waals surface area contributed by atoms with Crippen molar-refractivity contribution < 1.29 is 8.42 Å². The van der Waals surface area contributed by atoms with E-state index < -0.39 is 10.0 Å². The summed E-state index contributed by atoms with van der Waals surface area (Å²) in [6, 6.07) is 3.53. The molecule has 1 aromatic rings. The first-order valence-corrected chi connectivity index (χ1v) is 8.44. The lowest BCUT2D eigenvalue weighted by molar-refractivity contribution is 0.417. The molecule has 6 heteroatoms. The van der Waals surface area contributed by atoms with E-state index in [9.17, 15) is 8.42 Å². The van der Waals surface area contributed by atoms with Gasteiger partial charge in [0, 0.05) is 16.3 Å². The summed E-state index contributed by atoms with van der Waals surface area (Å²) in [7, 11) is -3.33. The highest BCUT2D eigenvalue weighted by molar-refractivity contribution is 7.91. The predicted molar refractivity (Wildman–Crippen MR) is 71.3 cm³/mol. The second-order valence-corrected chi connectivity index (χ2v) is 8.28. The summed E-state index contributed by atoms with van der Waals surface area (Å²) in [6.07, 6.45) is 3.44. The number of sulfonamides is 1. The lowest BCUT2D eigenvalue weighted by Gasteiger charge is -2.25. The van der Waals surface area contributed by atoms with Crippen molar-refractivity contribution in [3.8, 4) is 0 Å². The number of alkyl halides is 1. The maximum absolute atomic E-state index is 12.1. The Kier molecular flexibility index (Phi) is 4.13. The Balaban J connectivity index is 2.03. The molecular formula is C11H16ClNO2S2. The van der Waals surface area contributed by atoms with Crippen LogP contribution in [-0.4, -0.2) is 19.8 Å². The normalized spacial score (nSPS) is 26.0. The minimum absolute atomic E-state index is 0.0393. The standard InChI is InChI=1S/C11H16ClNO2S2/c1-8-2-7-11(16-8)17(14,15)13-10-5-3-9(12)4-6-10/h2,7,9-10,13H,3-6H2,1H3. The van der Waals surface area contributed by atoms with Gasteiger partial charge in [-0.1, -0.05) is 0 Å². The Morgan fingerprint density at radius 3 is 2.47 bits per heavy atom. The molecule has 1 saturated carbocycles. The molecule has 0 radical (unpaired) electrons. The van der Waals surface area contributed by atoms with Gasteiger partial charge in [0.15, 0.2) is 0 Å². The van der Waals surface area contributed by atoms with Gasteiger partial charge in [-0.25, -0.2) is 13.1 Å². The molecule has 2 rings (SSSR count). The van der Waals surface area contributed by atoms with Crippen LogP contribution in [0.5, 0.6) is 0 Å². The van der Waals surface area contributed by atoms with Crippen molar-refractivity contribution in [1.29, 1.82) is 0 Å². The third-order valence-corrected chi connectivity index (χ3v) is 6.41. The fraction of sp³-hybridized carbons (Fsp3) is 0.636. The first-order valence-electron chi connectivity index (χ1n) is 5.70. The number of hydrogen-bond donors (Lipinski definition) is 1. The third kappa shape index (κ3) is 3.44. The number of nitrogens with one attached hydrogen (secondary N) is 1. The summed E-state index contributed by atoms with van der Waals surface area (Å²) >= 11 is 7.31. The summed E-state index contributed by atoms with van der Waals surface area (Å²) in [5.74, 6) is 0. The fourth-order valence-electron chi connectivity index (χ4n) is 2.00. The number of hydrogen-bond acceptors (Lipinski definition) is 3. The van der Waals surface area contributed by atoms with Crippen LogP contribution in [0.15, 0.2) is 16.3 Å². The van der Waals surface area contributed by atoms with Crippen molar-refractivity contribution >= 4 is 33.0 Å². The van der Waals surface area contributed by atoms with E-state index in [4.69, 9.17) is 11.6 Å². The highest BCUT2D eigenvalue weighted by atomic mass is 35.5. The maximum atomic E-state index is 12.1. The second kappa shape index (κ2) is 5.26. The quantitative estimate of drug-likeness (QED) is 0.871. The van der Waals surface area contributed by atoms with Gasteiger partial charge in [0.1, 0.15) is 4.21 Å². The maximum Gasteiger partial charge on any atom is 0.250 e. The van der Waals surface area contributed by atoms with Crippen LogP contribution in [0.3, 0.4) is 0 Å². The Labute approximate surface area is 111 Å². The highest BCUT2D eigenvalue weighted by Gasteiger charge is 2.25. The molecule has 1 aliphatic carbocycles. The minimum Gasteiger partial charge on any atom is -0.207 e. The Morgan fingerprint density at radius 2 is 1.94 bits per heavy atom. The van der Waals surface area contributed by atoms with Gasteiger partial charge in [-0.05, 0) is 44.7 Å². The summed E-state index contributed by atoms with van der Waals surface area (Å²) in [5, 5.41) is 0.208. The molecule has 1 N–H and O–H groups in total. The lowest BCUT2D eigenvalue weighted by Crippen LogP contribution is -2.37. The molecule has 0 aromatic carbocycles. The van der Waals surface area contributed by atoms with Crippen LogP contribution >= 0.6 is 22.9 Å². The van der Waals surface area contributed by atoms with Crippen molar-refractivity contribution in [2.75, 3.05) is 0 Å². The molecule has 0 spiro atoms. The van der Waals surface area contributed by atoms with Crippen LogP contribution in [0.25, 0.3) is 0 Å². The molecule has 1 heterocycles. The van der Waals surface area contributed by atoms with Crippen molar-refractivity contribution in [3.05, 3.63) is 17.0 Å². The lowest BCUT2D eigenvalue weighted by atomic mass is 9.96. The molecule has 17 heavy (non-hydrogen) atoms. The molecule has 1 fully saturated rings. The van der Waals surface area contributed by atoms with E-state index in [0.717, 1.165) is 30.6 Å². The zero-order valence-corrected chi connectivity index (χ0v) is 12.0. The van der Waals surface area contributed by atoms with Crippen LogP contribution in [0.4, 0.5) is 0 Å². The zero-order valence-electron chi connectivity index (χ0n) is 9.65. The van der Waals surface area contributed by atoms with Crippen LogP contribution in [-0.2, 0) is 10.0 Å². The Bertz CT molecular complexity index is 475. The second-order valence-electron chi connectivity index (χ2n) is 4.44. The number of rotatable bonds is 3. The number of halogens is 1. The van der Waals surface area contributed by atoms with Crippen molar-refractivity contribution in [2.24, 2.45) is 0 Å². The molecular weight excluding hydrogens is 278 g/mol. The Hall–Kier alpha value is -0.100. The SMILES string of the molecule is Cc1ccc(S(=O)(=O)NC2CCC(Cl)CC2)s1. The largest absolute Gasteiger partial charge is 0.250 e. The van der Waals surface area contributed by atoms with E-state index in [1.807, 2.05) is 13.0 Å². The topological polar surface area (TPSA) is 46.2 Å². The summed E-state index contributed by atoms with van der Waals surface area (Å²) in [4.78, 5) is 1.01. The molecule has 1 aromatic heterocycles. The average molecular weight is 294 g/mol. The van der Waals surface area contributed by atoms with E-state index in [-0.39, 0.29) is 11.4 Å². The van der Waals surface area contributed by atoms with Crippen LogP contribution in [0.1, 0.15) is 30.6 Å². The molecule has 0 atom stereocenters. The van der Waals surface area contributed by atoms with Crippen LogP contribution in [0, 0.1) is 6.92 Å². The van der Waals surface area contributed by atoms with Gasteiger partial charge >= 0.3 is 0 Å². The van der Waals surface area contributed by atoms with Crippen molar-refractivity contribution in [1.82, 2.24) is 4.72 Å². The average Bonchev–Trinajstić information content (AvgIpc) is 2.69. The predicted octanol–water partition coefficient (Wildman–Crippen LogP) is 2.88. The van der Waals surface area contributed by atoms with Crippen molar-refractivity contribution in [2.45, 2.75) is 48.2 Å². The third-order valence-electron chi connectivity index (χ3n) is 2.96. The summed E-state index contributed by atoms with van der Waals surface area (Å²) in [6.45, 7) is 1.91. The van der Waals surface area contributed by atoms with E-state index >= 15 is 0 Å². The number of thiophene rings is 1. The summed E-state index contributed by atoms with van der Waals surface area (Å²) < 4.78 is 27.3. The van der Waals surface area contributed by atoms with Gasteiger partial charge in [0.25, 0.3) is 0 Å². The van der Waals surface area contributed by atoms with Gasteiger partial charge in [0.05, 0.1) is 0 Å². The molecule has 0 amide bonds. The van der Waals surface area contributed by atoms with Gasteiger partial charge in [0.2, 0.25) is 10.0 Å². The van der Waals surface area contributed by atoms with Gasteiger partial charge in [-0.2, -0.15) is 0 Å². The van der Waals surface area contributed by atoms with E-state index in [1.54, 1.807) is 6.07 Å². The first kappa shape index (κ1) is 13.3. The minimum atomic E-state index is -3.33. The summed E-state index contributed by atoms with van der Waals surface area (Å²) in [5.41, 5.74) is 0. The molecule has 3 nitrogen and oxygen atoms in total. The fourth-order valence-corrected chi connectivity index (χ4v) is 4.86. The zero-order chi connectivity index (χ0) is 12.5. The molecule has 1 aliphatic rings. The molecule has 0 saturated heterocycles. The van der Waals surface area contributed by atoms with Crippen LogP contribution < -0.4 is 4.72 Å². The van der Waals surface area contributed by atoms with Crippen molar-refractivity contribution in [3.63, 3.8) is 0 Å².